The summed E-state index contributed by atoms with van der Waals surface area (Å²) >= 11 is 0. The number of tetrazole rings is 1. The van der Waals surface area contributed by atoms with Crippen molar-refractivity contribution in [1.29, 1.82) is 0 Å². The fraction of sp³-hybridized carbons (Fsp3) is 0.241. The van der Waals surface area contributed by atoms with Gasteiger partial charge in [0.2, 0.25) is 15.8 Å². The van der Waals surface area contributed by atoms with Crippen LogP contribution in [0.5, 0.6) is 0 Å². The highest BCUT2D eigenvalue weighted by Crippen LogP contribution is 2.26. The summed E-state index contributed by atoms with van der Waals surface area (Å²) in [4.78, 5) is 4.61. The van der Waals surface area contributed by atoms with Gasteiger partial charge in [-0.15, -0.1) is 10.2 Å². The van der Waals surface area contributed by atoms with Crippen LogP contribution in [0.1, 0.15) is 31.9 Å². The van der Waals surface area contributed by atoms with Gasteiger partial charge in [-0.1, -0.05) is 54.6 Å². The van der Waals surface area contributed by atoms with E-state index in [4.69, 9.17) is 5.14 Å². The van der Waals surface area contributed by atoms with Crippen molar-refractivity contribution in [3.05, 3.63) is 90.9 Å². The van der Waals surface area contributed by atoms with Crippen LogP contribution in [0.15, 0.2) is 90.2 Å². The van der Waals surface area contributed by atoms with Crippen molar-refractivity contribution >= 4 is 10.0 Å². The van der Waals surface area contributed by atoms with Crippen molar-refractivity contribution in [2.75, 3.05) is 6.54 Å². The van der Waals surface area contributed by atoms with Gasteiger partial charge >= 0.3 is 0 Å². The molecule has 212 valence electrons. The van der Waals surface area contributed by atoms with Gasteiger partial charge in [-0.2, -0.15) is 5.21 Å². The number of rotatable bonds is 11. The first kappa shape index (κ1) is 28.3. The third kappa shape index (κ3) is 7.11. The number of aryl methyl sites for hydroxylation is 1. The third-order valence-electron chi connectivity index (χ3n) is 6.95. The van der Waals surface area contributed by atoms with Crippen LogP contribution < -0.4 is 10.5 Å². The van der Waals surface area contributed by atoms with Crippen LogP contribution >= 0.6 is 0 Å². The van der Waals surface area contributed by atoms with Crippen molar-refractivity contribution in [2.24, 2.45) is 5.14 Å². The number of hydrogen-bond donors (Lipinski definition) is 4. The number of aliphatic hydroxyl groups excluding tert-OH is 1. The van der Waals surface area contributed by atoms with Gasteiger partial charge in [0.1, 0.15) is 0 Å². The molecule has 0 fully saturated rings. The molecule has 0 bridgehead atoms. The predicted molar refractivity (Wildman–Crippen MR) is 156 cm³/mol. The molecule has 5 N–H and O–H groups in total. The summed E-state index contributed by atoms with van der Waals surface area (Å²) in [6.45, 7) is 5.31. The number of nitrogens with zero attached hydrogens (tertiary/aromatic N) is 5. The summed E-state index contributed by atoms with van der Waals surface area (Å²) in [5.41, 5.74) is 4.74. The maximum atomic E-state index is 11.7. The molecule has 12 heteroatoms. The second-order valence-electron chi connectivity index (χ2n) is 10.5. The number of sulfonamides is 1. The zero-order valence-corrected chi connectivity index (χ0v) is 23.6. The third-order valence-corrected chi connectivity index (χ3v) is 7.86. The van der Waals surface area contributed by atoms with Crippen LogP contribution in [0.4, 0.5) is 0 Å². The molecule has 11 nitrogen and oxygen atoms in total. The number of hydrogen-bond acceptors (Lipinski definition) is 8. The fourth-order valence-corrected chi connectivity index (χ4v) is 5.03. The van der Waals surface area contributed by atoms with Gasteiger partial charge in [0.15, 0.2) is 0 Å². The molecule has 1 unspecified atom stereocenters. The molecular weight excluding hydrogens is 540 g/mol. The number of nitrogens with two attached hydrogens (primary N) is 1. The smallest absolute Gasteiger partial charge is 0.238 e. The predicted octanol–water partition coefficient (Wildman–Crippen LogP) is 3.54. The zero-order valence-electron chi connectivity index (χ0n) is 22.8. The van der Waals surface area contributed by atoms with Gasteiger partial charge in [-0.05, 0) is 60.4 Å². The van der Waals surface area contributed by atoms with E-state index in [0.717, 1.165) is 40.9 Å². The van der Waals surface area contributed by atoms with Crippen molar-refractivity contribution in [1.82, 2.24) is 35.5 Å². The maximum absolute atomic E-state index is 11.7. The monoisotopic (exact) mass is 572 g/mol. The number of nitrogens with one attached hydrogen (secondary N) is 2. The molecule has 2 aromatic heterocycles. The Kier molecular flexibility index (Phi) is 8.08. The van der Waals surface area contributed by atoms with Gasteiger partial charge in [0, 0.05) is 36.0 Å². The van der Waals surface area contributed by atoms with Crippen LogP contribution in [0.25, 0.3) is 33.8 Å². The quantitative estimate of drug-likeness (QED) is 0.187. The van der Waals surface area contributed by atoms with Crippen molar-refractivity contribution in [3.63, 3.8) is 0 Å². The Balaban J connectivity index is 1.16. The minimum Gasteiger partial charge on any atom is -0.387 e. The SMILES string of the molecule is CC(C)(CCn1cnc(-c2ccc(-c3nn[nH]n3)cc2)c1)NCC(O)c1cccc(-c2cccc(S(N)(=O)=O)c2)c1. The number of aromatic amines is 1. The number of aliphatic hydroxyl groups is 1. The van der Waals surface area contributed by atoms with E-state index in [0.29, 0.717) is 17.9 Å². The fourth-order valence-electron chi connectivity index (χ4n) is 4.47. The molecule has 0 saturated carbocycles. The Bertz CT molecular complexity index is 1720. The van der Waals surface area contributed by atoms with E-state index in [1.807, 2.05) is 67.1 Å². The molecule has 5 aromatic rings. The summed E-state index contributed by atoms with van der Waals surface area (Å²) in [6, 6.07) is 21.7. The number of primary sulfonamides is 1. The summed E-state index contributed by atoms with van der Waals surface area (Å²) in [6.07, 6.45) is 3.91. The molecule has 0 amide bonds. The van der Waals surface area contributed by atoms with E-state index in [2.05, 4.69) is 49.3 Å². The zero-order chi connectivity index (χ0) is 29.0. The molecule has 1 atom stereocenters. The van der Waals surface area contributed by atoms with E-state index in [9.17, 15) is 13.5 Å². The number of benzene rings is 3. The standard InChI is InChI=1S/C29H32N8O3S/c1-29(2,13-14-37-18-26(31-19-37)20-9-11-21(12-10-20)28-33-35-36-34-28)32-17-27(38)24-7-3-5-22(15-24)23-6-4-8-25(16-23)41(30,39)40/h3-12,15-16,18-19,27,32,38H,13-14,17H2,1-2H3,(H2,30,39,40)(H,33,34,35,36). The summed E-state index contributed by atoms with van der Waals surface area (Å²) in [5.74, 6) is 0.546. The first-order valence-electron chi connectivity index (χ1n) is 13.1. The summed E-state index contributed by atoms with van der Waals surface area (Å²) in [5, 5.41) is 33.7. The van der Waals surface area contributed by atoms with E-state index in [1.54, 1.807) is 6.07 Å². The van der Waals surface area contributed by atoms with Crippen LogP contribution in [0.3, 0.4) is 0 Å². The molecule has 0 aliphatic carbocycles. The molecule has 0 radical (unpaired) electrons. The Labute approximate surface area is 238 Å². The molecule has 0 saturated heterocycles. The second kappa shape index (κ2) is 11.7. The normalized spacial score (nSPS) is 12.9. The molecule has 0 aliphatic rings. The largest absolute Gasteiger partial charge is 0.387 e. The van der Waals surface area contributed by atoms with E-state index in [-0.39, 0.29) is 10.4 Å². The number of β-amino-alcohol motifs (C(OH)–C–C–N with tert-alkyl or cyclic N) is 1. The van der Waals surface area contributed by atoms with Crippen LogP contribution in [-0.2, 0) is 16.6 Å². The molecule has 0 spiro atoms. The highest BCUT2D eigenvalue weighted by atomic mass is 32.2. The number of H-pyrrole nitrogens is 1. The summed E-state index contributed by atoms with van der Waals surface area (Å²) < 4.78 is 25.6. The van der Waals surface area contributed by atoms with Gasteiger partial charge in [0.25, 0.3) is 0 Å². The van der Waals surface area contributed by atoms with E-state index in [1.165, 1.54) is 12.1 Å². The average molecular weight is 573 g/mol. The van der Waals surface area contributed by atoms with Crippen molar-refractivity contribution in [2.45, 2.75) is 43.4 Å². The van der Waals surface area contributed by atoms with Crippen molar-refractivity contribution < 1.29 is 13.5 Å². The van der Waals surface area contributed by atoms with Crippen molar-refractivity contribution in [3.8, 4) is 33.8 Å². The van der Waals surface area contributed by atoms with Crippen LogP contribution in [0, 0.1) is 0 Å². The number of imidazole rings is 1. The maximum Gasteiger partial charge on any atom is 0.238 e. The molecule has 0 aliphatic heterocycles. The van der Waals surface area contributed by atoms with Gasteiger partial charge in [-0.3, -0.25) is 0 Å². The first-order valence-corrected chi connectivity index (χ1v) is 14.6. The molecule has 41 heavy (non-hydrogen) atoms. The second-order valence-corrected chi connectivity index (χ2v) is 12.1. The first-order chi connectivity index (χ1) is 19.6. The lowest BCUT2D eigenvalue weighted by atomic mass is 9.98. The molecular formula is C29H32N8O3S. The lowest BCUT2D eigenvalue weighted by Gasteiger charge is -2.28. The topological polar surface area (TPSA) is 165 Å². The van der Waals surface area contributed by atoms with Gasteiger partial charge in [-0.25, -0.2) is 18.5 Å². The molecule has 3 aromatic carbocycles. The van der Waals surface area contributed by atoms with E-state index >= 15 is 0 Å². The highest BCUT2D eigenvalue weighted by molar-refractivity contribution is 7.89. The van der Waals surface area contributed by atoms with Gasteiger partial charge in [0.05, 0.1) is 23.0 Å². The highest BCUT2D eigenvalue weighted by Gasteiger charge is 2.20. The van der Waals surface area contributed by atoms with Gasteiger partial charge < -0.3 is 15.0 Å². The van der Waals surface area contributed by atoms with Crippen LogP contribution in [0.2, 0.25) is 0 Å². The Morgan fingerprint density at radius 1 is 1.00 bits per heavy atom. The number of aromatic nitrogens is 6. The Morgan fingerprint density at radius 2 is 1.71 bits per heavy atom. The lowest BCUT2D eigenvalue weighted by Crippen LogP contribution is -2.42. The minimum absolute atomic E-state index is 0.0489. The Hall–Kier alpha value is -4.23. The molecule has 2 heterocycles. The Morgan fingerprint density at radius 3 is 2.41 bits per heavy atom. The lowest BCUT2D eigenvalue weighted by molar-refractivity contribution is 0.158. The van der Waals surface area contributed by atoms with Crippen LogP contribution in [-0.4, -0.2) is 55.8 Å². The van der Waals surface area contributed by atoms with E-state index < -0.39 is 16.1 Å². The molecule has 5 rings (SSSR count). The minimum atomic E-state index is -3.80. The average Bonchev–Trinajstić information content (AvgIpc) is 3.68. The summed E-state index contributed by atoms with van der Waals surface area (Å²) in [7, 11) is -3.80.